The van der Waals surface area contributed by atoms with Gasteiger partial charge in [0.05, 0.1) is 6.61 Å². The van der Waals surface area contributed by atoms with Crippen molar-refractivity contribution in [3.63, 3.8) is 0 Å². The molecule has 0 heterocycles. The second-order valence-corrected chi connectivity index (χ2v) is 4.86. The maximum Gasteiger partial charge on any atom is 0.407 e. The first-order valence-corrected chi connectivity index (χ1v) is 7.35. The maximum atomic E-state index is 11.4. The van der Waals surface area contributed by atoms with Crippen molar-refractivity contribution in [3.05, 3.63) is 35.9 Å². The second-order valence-electron chi connectivity index (χ2n) is 4.86. The molecule has 21 heavy (non-hydrogen) atoms. The molecule has 116 valence electrons. The molecule has 5 heteroatoms. The third-order valence-corrected chi connectivity index (χ3v) is 3.02. The molecule has 0 aliphatic rings. The highest BCUT2D eigenvalue weighted by atomic mass is 16.5. The fourth-order valence-electron chi connectivity index (χ4n) is 1.91. The number of carboxylic acids is 1. The molecule has 0 bridgehead atoms. The molecular weight excluding hydrogens is 270 g/mol. The molecule has 0 saturated heterocycles. The van der Waals surface area contributed by atoms with Crippen LogP contribution in [0.1, 0.15) is 37.7 Å². The van der Waals surface area contributed by atoms with Gasteiger partial charge in [-0.3, -0.25) is 4.79 Å². The van der Waals surface area contributed by atoms with Crippen molar-refractivity contribution >= 4 is 12.1 Å². The van der Waals surface area contributed by atoms with E-state index in [9.17, 15) is 9.59 Å². The van der Waals surface area contributed by atoms with Gasteiger partial charge in [-0.25, -0.2) is 4.79 Å². The maximum absolute atomic E-state index is 11.4. The number of amides is 1. The van der Waals surface area contributed by atoms with Gasteiger partial charge in [-0.1, -0.05) is 36.8 Å². The lowest BCUT2D eigenvalue weighted by Crippen LogP contribution is -2.25. The van der Waals surface area contributed by atoms with Crippen LogP contribution in [0, 0.1) is 0 Å². The Morgan fingerprint density at radius 3 is 2.52 bits per heavy atom. The summed E-state index contributed by atoms with van der Waals surface area (Å²) in [7, 11) is 0. The minimum Gasteiger partial charge on any atom is -0.481 e. The zero-order valence-electron chi connectivity index (χ0n) is 12.2. The Labute approximate surface area is 125 Å². The van der Waals surface area contributed by atoms with Gasteiger partial charge in [-0.2, -0.15) is 0 Å². The van der Waals surface area contributed by atoms with E-state index in [1.165, 1.54) is 5.56 Å². The minimum absolute atomic E-state index is 0.184. The topological polar surface area (TPSA) is 75.6 Å². The zero-order valence-corrected chi connectivity index (χ0v) is 12.2. The van der Waals surface area contributed by atoms with Crippen molar-refractivity contribution in [1.82, 2.24) is 5.32 Å². The van der Waals surface area contributed by atoms with E-state index in [1.807, 2.05) is 18.2 Å². The number of carboxylic acid groups (broad SMARTS) is 1. The van der Waals surface area contributed by atoms with Gasteiger partial charge in [-0.15, -0.1) is 0 Å². The fraction of sp³-hybridized carbons (Fsp3) is 0.500. The van der Waals surface area contributed by atoms with Crippen molar-refractivity contribution in [1.29, 1.82) is 0 Å². The van der Waals surface area contributed by atoms with Crippen molar-refractivity contribution in [2.75, 3.05) is 13.2 Å². The molecule has 1 rings (SSSR count). The van der Waals surface area contributed by atoms with Gasteiger partial charge in [0.2, 0.25) is 0 Å². The Balaban J connectivity index is 1.93. The smallest absolute Gasteiger partial charge is 0.407 e. The average molecular weight is 293 g/mol. The Kier molecular flexibility index (Phi) is 8.68. The van der Waals surface area contributed by atoms with Gasteiger partial charge in [0.15, 0.2) is 0 Å². The summed E-state index contributed by atoms with van der Waals surface area (Å²) in [5, 5.41) is 11.1. The Morgan fingerprint density at radius 2 is 1.81 bits per heavy atom. The van der Waals surface area contributed by atoms with Crippen LogP contribution in [0.3, 0.4) is 0 Å². The van der Waals surface area contributed by atoms with Gasteiger partial charge < -0.3 is 15.2 Å². The highest BCUT2D eigenvalue weighted by Crippen LogP contribution is 2.02. The van der Waals surface area contributed by atoms with Crippen LogP contribution in [-0.2, 0) is 16.0 Å². The number of carbonyl (C=O) groups is 2. The van der Waals surface area contributed by atoms with Crippen LogP contribution in [0.4, 0.5) is 4.79 Å². The highest BCUT2D eigenvalue weighted by Gasteiger charge is 2.01. The van der Waals surface area contributed by atoms with E-state index in [4.69, 9.17) is 9.84 Å². The van der Waals surface area contributed by atoms with Crippen molar-refractivity contribution in [2.24, 2.45) is 0 Å². The van der Waals surface area contributed by atoms with Gasteiger partial charge in [0.25, 0.3) is 0 Å². The van der Waals surface area contributed by atoms with E-state index >= 15 is 0 Å². The zero-order chi connectivity index (χ0) is 15.3. The minimum atomic E-state index is -0.777. The number of ether oxygens (including phenoxy) is 1. The first-order valence-electron chi connectivity index (χ1n) is 7.35. The predicted molar refractivity (Wildman–Crippen MR) is 80.2 cm³/mol. The monoisotopic (exact) mass is 293 g/mol. The van der Waals surface area contributed by atoms with E-state index in [-0.39, 0.29) is 6.42 Å². The van der Waals surface area contributed by atoms with Crippen molar-refractivity contribution < 1.29 is 19.4 Å². The molecule has 5 nitrogen and oxygen atoms in total. The Bertz CT molecular complexity index is 420. The summed E-state index contributed by atoms with van der Waals surface area (Å²) in [5.41, 5.74) is 1.24. The summed E-state index contributed by atoms with van der Waals surface area (Å²) < 4.78 is 5.06. The van der Waals surface area contributed by atoms with E-state index in [2.05, 4.69) is 17.4 Å². The molecule has 1 aromatic rings. The number of aliphatic carboxylic acids is 1. The van der Waals surface area contributed by atoms with Gasteiger partial charge in [0, 0.05) is 13.0 Å². The first kappa shape index (κ1) is 17.0. The number of nitrogens with one attached hydrogen (secondary N) is 1. The van der Waals surface area contributed by atoms with Crippen LogP contribution in [0.5, 0.6) is 0 Å². The van der Waals surface area contributed by atoms with Crippen LogP contribution in [0.15, 0.2) is 30.3 Å². The Morgan fingerprint density at radius 1 is 1.05 bits per heavy atom. The number of hydrogen-bond acceptors (Lipinski definition) is 3. The molecule has 0 radical (unpaired) electrons. The number of carbonyl (C=O) groups excluding carboxylic acids is 1. The van der Waals surface area contributed by atoms with Crippen LogP contribution in [-0.4, -0.2) is 30.3 Å². The van der Waals surface area contributed by atoms with Gasteiger partial charge in [0.1, 0.15) is 0 Å². The summed E-state index contributed by atoms with van der Waals surface area (Å²) in [6.45, 7) is 0.927. The first-order chi connectivity index (χ1) is 10.2. The van der Waals surface area contributed by atoms with Crippen molar-refractivity contribution in [2.45, 2.75) is 38.5 Å². The van der Waals surface area contributed by atoms with Gasteiger partial charge in [-0.05, 0) is 31.2 Å². The van der Waals surface area contributed by atoms with E-state index in [0.29, 0.717) is 19.6 Å². The molecular formula is C16H23NO4. The Hall–Kier alpha value is -2.04. The van der Waals surface area contributed by atoms with Crippen molar-refractivity contribution in [3.8, 4) is 0 Å². The lowest BCUT2D eigenvalue weighted by molar-refractivity contribution is -0.137. The normalized spacial score (nSPS) is 10.1. The van der Waals surface area contributed by atoms with Gasteiger partial charge >= 0.3 is 12.1 Å². The van der Waals surface area contributed by atoms with Crippen LogP contribution < -0.4 is 5.32 Å². The number of hydrogen-bond donors (Lipinski definition) is 2. The predicted octanol–water partition coefficient (Wildman–Crippen LogP) is 2.99. The number of benzene rings is 1. The fourth-order valence-corrected chi connectivity index (χ4v) is 1.91. The standard InChI is InChI=1S/C16H23NO4/c18-15(19)11-5-2-6-12-17-16(20)21-13-7-10-14-8-3-1-4-9-14/h1,3-4,8-9H,2,5-7,10-13H2,(H,17,20)(H,18,19). The van der Waals surface area contributed by atoms with E-state index < -0.39 is 12.1 Å². The number of aryl methyl sites for hydroxylation is 1. The third kappa shape index (κ3) is 9.49. The molecule has 0 aliphatic carbocycles. The molecule has 0 spiro atoms. The molecule has 0 atom stereocenters. The molecule has 2 N–H and O–H groups in total. The van der Waals surface area contributed by atoms with E-state index in [1.54, 1.807) is 0 Å². The summed E-state index contributed by atoms with van der Waals surface area (Å²) in [4.78, 5) is 21.7. The molecule has 1 aromatic carbocycles. The summed E-state index contributed by atoms with van der Waals surface area (Å²) in [6.07, 6.45) is 3.68. The molecule has 0 aromatic heterocycles. The number of alkyl carbamates (subject to hydrolysis) is 1. The molecule has 0 saturated carbocycles. The second kappa shape index (κ2) is 10.7. The summed E-state index contributed by atoms with van der Waals surface area (Å²) in [6, 6.07) is 10.1. The van der Waals surface area contributed by atoms with Crippen LogP contribution in [0.25, 0.3) is 0 Å². The highest BCUT2D eigenvalue weighted by molar-refractivity contribution is 5.67. The molecule has 0 fully saturated rings. The molecule has 0 unspecified atom stereocenters. The van der Waals surface area contributed by atoms with E-state index in [0.717, 1.165) is 25.7 Å². The summed E-state index contributed by atoms with van der Waals surface area (Å²) in [5.74, 6) is -0.777. The number of rotatable bonds is 10. The SMILES string of the molecule is O=C(O)CCCCCNC(=O)OCCCc1ccccc1. The molecule has 0 aliphatic heterocycles. The average Bonchev–Trinajstić information content (AvgIpc) is 2.48. The third-order valence-electron chi connectivity index (χ3n) is 3.02. The lowest BCUT2D eigenvalue weighted by Gasteiger charge is -2.07. The molecule has 1 amide bonds. The number of unbranched alkanes of at least 4 members (excludes halogenated alkanes) is 2. The van der Waals surface area contributed by atoms with Crippen LogP contribution in [0.2, 0.25) is 0 Å². The quantitative estimate of drug-likeness (QED) is 0.650. The largest absolute Gasteiger partial charge is 0.481 e. The summed E-state index contributed by atoms with van der Waals surface area (Å²) >= 11 is 0. The van der Waals surface area contributed by atoms with Crippen LogP contribution >= 0.6 is 0 Å². The lowest BCUT2D eigenvalue weighted by atomic mass is 10.1.